The van der Waals surface area contributed by atoms with Crippen molar-refractivity contribution in [2.75, 3.05) is 11.9 Å². The molecule has 5 heteroatoms. The van der Waals surface area contributed by atoms with Crippen molar-refractivity contribution in [2.24, 2.45) is 5.92 Å². The molecule has 0 radical (unpaired) electrons. The number of aromatic nitrogens is 1. The second-order valence-corrected chi connectivity index (χ2v) is 5.72. The molecule has 1 amide bonds. The molecule has 4 nitrogen and oxygen atoms in total. The molecular weight excluding hydrogens is 274 g/mol. The zero-order chi connectivity index (χ0) is 14.5. The third-order valence-electron chi connectivity index (χ3n) is 3.56. The molecule has 1 aliphatic carbocycles. The van der Waals surface area contributed by atoms with Gasteiger partial charge in [0, 0.05) is 12.6 Å². The molecule has 20 heavy (non-hydrogen) atoms. The number of carbonyl (C=O) groups excluding carboxylic acids is 1. The Morgan fingerprint density at radius 1 is 1.45 bits per heavy atom. The van der Waals surface area contributed by atoms with Crippen LogP contribution < -0.4 is 10.6 Å². The summed E-state index contributed by atoms with van der Waals surface area (Å²) >= 11 is 6.08. The lowest BCUT2D eigenvalue weighted by atomic mass is 10.1. The normalized spacial score (nSPS) is 15.8. The minimum Gasteiger partial charge on any atom is -0.370 e. The van der Waals surface area contributed by atoms with E-state index in [0.717, 1.165) is 25.3 Å². The van der Waals surface area contributed by atoms with E-state index in [0.29, 0.717) is 16.5 Å². The fourth-order valence-electron chi connectivity index (χ4n) is 2.22. The van der Waals surface area contributed by atoms with Gasteiger partial charge in [0.25, 0.3) is 5.91 Å². The summed E-state index contributed by atoms with van der Waals surface area (Å²) in [5.41, 5.74) is 0.305. The van der Waals surface area contributed by atoms with Gasteiger partial charge in [-0.25, -0.2) is 4.98 Å². The minimum absolute atomic E-state index is 0.178. The molecule has 0 aromatic carbocycles. The molecule has 0 bridgehead atoms. The van der Waals surface area contributed by atoms with Gasteiger partial charge < -0.3 is 10.6 Å². The number of pyridine rings is 1. The van der Waals surface area contributed by atoms with Crippen LogP contribution in [0.5, 0.6) is 0 Å². The van der Waals surface area contributed by atoms with Crippen LogP contribution in [0.15, 0.2) is 12.1 Å². The molecule has 1 atom stereocenters. The van der Waals surface area contributed by atoms with Crippen molar-refractivity contribution in [1.29, 1.82) is 0 Å². The lowest BCUT2D eigenvalue weighted by Gasteiger charge is -2.17. The summed E-state index contributed by atoms with van der Waals surface area (Å²) in [6.07, 6.45) is 4.59. The second kappa shape index (κ2) is 6.93. The van der Waals surface area contributed by atoms with Crippen molar-refractivity contribution in [1.82, 2.24) is 10.3 Å². The Bertz CT molecular complexity index is 474. The Morgan fingerprint density at radius 2 is 2.20 bits per heavy atom. The second-order valence-electron chi connectivity index (χ2n) is 5.31. The molecule has 1 saturated carbocycles. The van der Waals surface area contributed by atoms with Crippen LogP contribution in [0.1, 0.15) is 50.0 Å². The van der Waals surface area contributed by atoms with Crippen molar-refractivity contribution in [3.8, 4) is 0 Å². The number of carbonyl (C=O) groups is 1. The number of hydrogen-bond acceptors (Lipinski definition) is 3. The van der Waals surface area contributed by atoms with E-state index in [1.807, 2.05) is 6.92 Å². The van der Waals surface area contributed by atoms with Crippen molar-refractivity contribution < 1.29 is 4.79 Å². The summed E-state index contributed by atoms with van der Waals surface area (Å²) in [6, 6.07) is 3.71. The summed E-state index contributed by atoms with van der Waals surface area (Å²) in [6.45, 7) is 4.84. The average molecular weight is 296 g/mol. The number of nitrogens with zero attached hydrogens (tertiary/aromatic N) is 1. The SMILES string of the molecule is CCNc1ccc(Cl)c(C(=O)NC(CC)CC2CC2)n1. The maximum absolute atomic E-state index is 12.3. The molecule has 1 unspecified atom stereocenters. The first-order chi connectivity index (χ1) is 9.63. The predicted octanol–water partition coefficient (Wildman–Crippen LogP) is 3.48. The summed E-state index contributed by atoms with van der Waals surface area (Å²) in [5, 5.41) is 6.53. The molecule has 110 valence electrons. The molecule has 2 rings (SSSR count). The lowest BCUT2D eigenvalue weighted by Crippen LogP contribution is -2.35. The Kier molecular flexibility index (Phi) is 5.24. The van der Waals surface area contributed by atoms with Gasteiger partial charge in [0.15, 0.2) is 0 Å². The number of halogens is 1. The molecule has 1 aliphatic rings. The minimum atomic E-state index is -0.178. The molecule has 1 heterocycles. The van der Waals surface area contributed by atoms with Crippen molar-refractivity contribution >= 4 is 23.3 Å². The van der Waals surface area contributed by atoms with Crippen LogP contribution in [0.3, 0.4) is 0 Å². The molecule has 0 aliphatic heterocycles. The molecule has 2 N–H and O–H groups in total. The largest absolute Gasteiger partial charge is 0.370 e. The quantitative estimate of drug-likeness (QED) is 0.810. The Balaban J connectivity index is 2.04. The van der Waals surface area contributed by atoms with Crippen LogP contribution in [-0.2, 0) is 0 Å². The van der Waals surface area contributed by atoms with E-state index in [-0.39, 0.29) is 11.9 Å². The molecule has 1 aromatic rings. The Hall–Kier alpha value is -1.29. The summed E-state index contributed by atoms with van der Waals surface area (Å²) in [4.78, 5) is 16.6. The van der Waals surface area contributed by atoms with E-state index >= 15 is 0 Å². The highest BCUT2D eigenvalue weighted by molar-refractivity contribution is 6.33. The van der Waals surface area contributed by atoms with E-state index in [2.05, 4.69) is 22.5 Å². The lowest BCUT2D eigenvalue weighted by molar-refractivity contribution is 0.0928. The van der Waals surface area contributed by atoms with E-state index in [4.69, 9.17) is 11.6 Å². The van der Waals surface area contributed by atoms with Crippen molar-refractivity contribution in [3.05, 3.63) is 22.8 Å². The van der Waals surface area contributed by atoms with Crippen molar-refractivity contribution in [2.45, 2.75) is 45.6 Å². The van der Waals surface area contributed by atoms with E-state index in [9.17, 15) is 4.79 Å². The fraction of sp³-hybridized carbons (Fsp3) is 0.600. The monoisotopic (exact) mass is 295 g/mol. The highest BCUT2D eigenvalue weighted by Crippen LogP contribution is 2.34. The maximum atomic E-state index is 12.3. The molecule has 1 fully saturated rings. The van der Waals surface area contributed by atoms with Gasteiger partial charge in [0.2, 0.25) is 0 Å². The molecule has 1 aromatic heterocycles. The van der Waals surface area contributed by atoms with Crippen LogP contribution in [0, 0.1) is 5.92 Å². The molecule has 0 spiro atoms. The topological polar surface area (TPSA) is 54.0 Å². The third kappa shape index (κ3) is 4.10. The third-order valence-corrected chi connectivity index (χ3v) is 3.87. The zero-order valence-electron chi connectivity index (χ0n) is 12.1. The van der Waals surface area contributed by atoms with Crippen LogP contribution in [-0.4, -0.2) is 23.5 Å². The van der Waals surface area contributed by atoms with Gasteiger partial charge in [-0.05, 0) is 37.8 Å². The number of rotatable bonds is 7. The van der Waals surface area contributed by atoms with Gasteiger partial charge in [0.1, 0.15) is 11.5 Å². The standard InChI is InChI=1S/C15H22ClN3O/c1-3-11(9-10-5-6-10)18-15(20)14-12(16)7-8-13(19-14)17-4-2/h7-8,10-11H,3-6,9H2,1-2H3,(H,17,19)(H,18,20). The van der Waals surface area contributed by atoms with Gasteiger partial charge in [-0.15, -0.1) is 0 Å². The number of hydrogen-bond donors (Lipinski definition) is 2. The van der Waals surface area contributed by atoms with Crippen LogP contribution in [0.25, 0.3) is 0 Å². The number of nitrogens with one attached hydrogen (secondary N) is 2. The summed E-state index contributed by atoms with van der Waals surface area (Å²) in [7, 11) is 0. The van der Waals surface area contributed by atoms with Gasteiger partial charge >= 0.3 is 0 Å². The fourth-order valence-corrected chi connectivity index (χ4v) is 2.41. The highest BCUT2D eigenvalue weighted by atomic mass is 35.5. The zero-order valence-corrected chi connectivity index (χ0v) is 12.8. The van der Waals surface area contributed by atoms with E-state index in [1.54, 1.807) is 12.1 Å². The van der Waals surface area contributed by atoms with Crippen LogP contribution >= 0.6 is 11.6 Å². The first kappa shape index (κ1) is 15.1. The van der Waals surface area contributed by atoms with Crippen molar-refractivity contribution in [3.63, 3.8) is 0 Å². The smallest absolute Gasteiger partial charge is 0.271 e. The summed E-state index contributed by atoms with van der Waals surface area (Å²) in [5.74, 6) is 1.29. The van der Waals surface area contributed by atoms with Crippen LogP contribution in [0.2, 0.25) is 5.02 Å². The Labute approximate surface area is 125 Å². The number of anilines is 1. The first-order valence-electron chi connectivity index (χ1n) is 7.35. The maximum Gasteiger partial charge on any atom is 0.271 e. The van der Waals surface area contributed by atoms with Gasteiger partial charge in [-0.2, -0.15) is 0 Å². The Morgan fingerprint density at radius 3 is 2.80 bits per heavy atom. The first-order valence-corrected chi connectivity index (χ1v) is 7.73. The highest BCUT2D eigenvalue weighted by Gasteiger charge is 2.26. The van der Waals surface area contributed by atoms with Crippen LogP contribution in [0.4, 0.5) is 5.82 Å². The molecule has 0 saturated heterocycles. The van der Waals surface area contributed by atoms with Gasteiger partial charge in [-0.3, -0.25) is 4.79 Å². The van der Waals surface area contributed by atoms with E-state index < -0.39 is 0 Å². The average Bonchev–Trinajstić information content (AvgIpc) is 3.24. The predicted molar refractivity (Wildman–Crippen MR) is 82.3 cm³/mol. The number of amides is 1. The summed E-state index contributed by atoms with van der Waals surface area (Å²) < 4.78 is 0. The van der Waals surface area contributed by atoms with Gasteiger partial charge in [-0.1, -0.05) is 31.4 Å². The van der Waals surface area contributed by atoms with E-state index in [1.165, 1.54) is 12.8 Å². The van der Waals surface area contributed by atoms with Gasteiger partial charge in [0.05, 0.1) is 5.02 Å². The molecular formula is C15H22ClN3O.